The largest absolute Gasteiger partial charge is 0.497 e. The van der Waals surface area contributed by atoms with E-state index >= 15 is 0 Å². The van der Waals surface area contributed by atoms with E-state index in [1.54, 1.807) is 18.5 Å². The molecule has 2 rings (SSSR count). The minimum atomic E-state index is -3.56. The van der Waals surface area contributed by atoms with Gasteiger partial charge < -0.3 is 9.47 Å². The standard InChI is InChI=1S/C26H37NO4S/c1-6-8-10-26(21(3)9-7-2)32(28,29)27(19-22-11-15-24(30-4)16-12-22)20-23-13-17-25(31-5)18-14-23/h7,11-18,21,26H,2,6,8-10,19-20H2,1,3-5H3/t21-,26+/m0/s1. The second-order valence-corrected chi connectivity index (χ2v) is 10.3. The summed E-state index contributed by atoms with van der Waals surface area (Å²) in [4.78, 5) is 0. The van der Waals surface area contributed by atoms with Crippen LogP contribution in [0.1, 0.15) is 50.7 Å². The first-order valence-electron chi connectivity index (χ1n) is 11.2. The van der Waals surface area contributed by atoms with Crippen molar-refractivity contribution >= 4 is 10.0 Å². The molecule has 0 amide bonds. The third-order valence-corrected chi connectivity index (χ3v) is 8.24. The molecule has 0 aliphatic heterocycles. The van der Waals surface area contributed by atoms with Crippen molar-refractivity contribution in [3.05, 3.63) is 72.3 Å². The van der Waals surface area contributed by atoms with Gasteiger partial charge in [-0.05, 0) is 54.2 Å². The first kappa shape index (κ1) is 25.9. The fourth-order valence-electron chi connectivity index (χ4n) is 3.84. The molecule has 0 bridgehead atoms. The number of sulfonamides is 1. The van der Waals surface area contributed by atoms with Gasteiger partial charge in [-0.3, -0.25) is 0 Å². The van der Waals surface area contributed by atoms with Crippen molar-refractivity contribution in [3.63, 3.8) is 0 Å². The van der Waals surface area contributed by atoms with Crippen LogP contribution < -0.4 is 9.47 Å². The predicted molar refractivity (Wildman–Crippen MR) is 131 cm³/mol. The average molecular weight is 460 g/mol. The number of methoxy groups -OCH3 is 2. The van der Waals surface area contributed by atoms with Gasteiger partial charge in [-0.15, -0.1) is 6.58 Å². The molecule has 0 saturated carbocycles. The fourth-order valence-corrected chi connectivity index (χ4v) is 6.05. The van der Waals surface area contributed by atoms with Gasteiger partial charge in [-0.1, -0.05) is 57.0 Å². The van der Waals surface area contributed by atoms with Crippen LogP contribution in [0.3, 0.4) is 0 Å². The van der Waals surface area contributed by atoms with E-state index in [0.717, 1.165) is 35.5 Å². The van der Waals surface area contributed by atoms with E-state index < -0.39 is 15.3 Å². The van der Waals surface area contributed by atoms with Gasteiger partial charge in [0, 0.05) is 13.1 Å². The van der Waals surface area contributed by atoms with Crippen LogP contribution in [-0.2, 0) is 23.1 Å². The molecule has 32 heavy (non-hydrogen) atoms. The third kappa shape index (κ3) is 7.10. The van der Waals surface area contributed by atoms with Gasteiger partial charge in [-0.2, -0.15) is 4.31 Å². The summed E-state index contributed by atoms with van der Waals surface area (Å²) in [5, 5.41) is -0.447. The minimum Gasteiger partial charge on any atom is -0.497 e. The van der Waals surface area contributed by atoms with Gasteiger partial charge in [0.15, 0.2) is 0 Å². The van der Waals surface area contributed by atoms with Crippen LogP contribution in [0.15, 0.2) is 61.2 Å². The zero-order valence-corrected chi connectivity index (χ0v) is 20.6. The van der Waals surface area contributed by atoms with E-state index in [9.17, 15) is 8.42 Å². The van der Waals surface area contributed by atoms with E-state index in [-0.39, 0.29) is 5.92 Å². The van der Waals surface area contributed by atoms with Crippen molar-refractivity contribution in [1.29, 1.82) is 0 Å². The molecular formula is C26H37NO4S. The van der Waals surface area contributed by atoms with Gasteiger partial charge in [0.25, 0.3) is 0 Å². The summed E-state index contributed by atoms with van der Waals surface area (Å²) in [7, 11) is -0.322. The maximum Gasteiger partial charge on any atom is 0.217 e. The Labute approximate surface area is 194 Å². The Morgan fingerprint density at radius 1 is 0.938 bits per heavy atom. The highest BCUT2D eigenvalue weighted by molar-refractivity contribution is 7.89. The van der Waals surface area contributed by atoms with Gasteiger partial charge >= 0.3 is 0 Å². The van der Waals surface area contributed by atoms with E-state index in [1.165, 1.54) is 0 Å². The van der Waals surface area contributed by atoms with Crippen LogP contribution in [0.5, 0.6) is 11.5 Å². The highest BCUT2D eigenvalue weighted by atomic mass is 32.2. The molecule has 0 fully saturated rings. The summed E-state index contributed by atoms with van der Waals surface area (Å²) in [5.74, 6) is 1.50. The molecule has 0 radical (unpaired) electrons. The molecule has 0 spiro atoms. The second kappa shape index (κ2) is 12.7. The summed E-state index contributed by atoms with van der Waals surface area (Å²) in [6, 6.07) is 15.1. The van der Waals surface area contributed by atoms with Crippen molar-refractivity contribution in [3.8, 4) is 11.5 Å². The Morgan fingerprint density at radius 3 is 1.78 bits per heavy atom. The van der Waals surface area contributed by atoms with Crippen LogP contribution in [0.4, 0.5) is 0 Å². The lowest BCUT2D eigenvalue weighted by Gasteiger charge is -2.31. The predicted octanol–water partition coefficient (Wildman–Crippen LogP) is 5.81. The second-order valence-electron chi connectivity index (χ2n) is 8.19. The molecule has 0 aliphatic carbocycles. The zero-order valence-electron chi connectivity index (χ0n) is 19.8. The SMILES string of the molecule is C=CC[C@H](C)[C@@H](CCCC)S(=O)(=O)N(Cc1ccc(OC)cc1)Cc1ccc(OC)cc1. The van der Waals surface area contributed by atoms with E-state index in [1.807, 2.05) is 61.5 Å². The van der Waals surface area contributed by atoms with Crippen molar-refractivity contribution in [2.75, 3.05) is 14.2 Å². The summed E-state index contributed by atoms with van der Waals surface area (Å²) in [5.41, 5.74) is 1.85. The van der Waals surface area contributed by atoms with Crippen LogP contribution in [0.25, 0.3) is 0 Å². The quantitative estimate of drug-likeness (QED) is 0.335. The summed E-state index contributed by atoms with van der Waals surface area (Å²) < 4.78 is 40.0. The summed E-state index contributed by atoms with van der Waals surface area (Å²) >= 11 is 0. The van der Waals surface area contributed by atoms with E-state index in [4.69, 9.17) is 9.47 Å². The minimum absolute atomic E-state index is 0.00159. The molecule has 0 aliphatic rings. The van der Waals surface area contributed by atoms with Crippen molar-refractivity contribution < 1.29 is 17.9 Å². The highest BCUT2D eigenvalue weighted by Crippen LogP contribution is 2.28. The number of ether oxygens (including phenoxy) is 2. The van der Waals surface area contributed by atoms with E-state index in [2.05, 4.69) is 13.5 Å². The zero-order chi connectivity index (χ0) is 23.6. The topological polar surface area (TPSA) is 55.8 Å². The monoisotopic (exact) mass is 459 g/mol. The maximum absolute atomic E-state index is 14.0. The molecule has 0 saturated heterocycles. The van der Waals surface area contributed by atoms with Crippen LogP contribution >= 0.6 is 0 Å². The fraction of sp³-hybridized carbons (Fsp3) is 0.462. The average Bonchev–Trinajstić information content (AvgIpc) is 2.80. The Bertz CT molecular complexity index is 874. The third-order valence-electron chi connectivity index (χ3n) is 5.79. The lowest BCUT2D eigenvalue weighted by molar-refractivity contribution is 0.371. The number of benzene rings is 2. The molecule has 0 heterocycles. The number of rotatable bonds is 14. The Hall–Kier alpha value is -2.31. The normalized spacial score (nSPS) is 13.5. The van der Waals surface area contributed by atoms with Gasteiger partial charge in [0.1, 0.15) is 11.5 Å². The first-order valence-corrected chi connectivity index (χ1v) is 12.7. The Kier molecular flexibility index (Phi) is 10.3. The number of nitrogens with zero attached hydrogens (tertiary/aromatic N) is 1. The highest BCUT2D eigenvalue weighted by Gasteiger charge is 2.35. The number of hydrogen-bond donors (Lipinski definition) is 0. The summed E-state index contributed by atoms with van der Waals surface area (Å²) in [6.45, 7) is 8.54. The number of hydrogen-bond acceptors (Lipinski definition) is 4. The molecule has 176 valence electrons. The van der Waals surface area contributed by atoms with Crippen LogP contribution in [-0.4, -0.2) is 32.2 Å². The molecule has 0 aromatic heterocycles. The van der Waals surface area contributed by atoms with Gasteiger partial charge in [0.05, 0.1) is 19.5 Å². The molecule has 0 N–H and O–H groups in total. The molecule has 2 atom stereocenters. The van der Waals surface area contributed by atoms with Crippen LogP contribution in [0, 0.1) is 5.92 Å². The molecule has 0 unspecified atom stereocenters. The lowest BCUT2D eigenvalue weighted by Crippen LogP contribution is -2.41. The molecule has 2 aromatic rings. The summed E-state index contributed by atoms with van der Waals surface area (Å²) in [6.07, 6.45) is 4.98. The molecule has 5 nitrogen and oxygen atoms in total. The molecule has 6 heteroatoms. The van der Waals surface area contributed by atoms with Crippen molar-refractivity contribution in [2.24, 2.45) is 5.92 Å². The van der Waals surface area contributed by atoms with Crippen molar-refractivity contribution in [1.82, 2.24) is 4.31 Å². The smallest absolute Gasteiger partial charge is 0.217 e. The number of unbranched alkanes of at least 4 members (excludes halogenated alkanes) is 1. The first-order chi connectivity index (χ1) is 15.3. The van der Waals surface area contributed by atoms with Crippen LogP contribution in [0.2, 0.25) is 0 Å². The molecular weight excluding hydrogens is 422 g/mol. The number of allylic oxidation sites excluding steroid dienone is 1. The maximum atomic E-state index is 14.0. The van der Waals surface area contributed by atoms with Gasteiger partial charge in [0.2, 0.25) is 10.0 Å². The molecule has 2 aromatic carbocycles. The Morgan fingerprint density at radius 2 is 1.41 bits per heavy atom. The van der Waals surface area contributed by atoms with Gasteiger partial charge in [-0.25, -0.2) is 8.42 Å². The van der Waals surface area contributed by atoms with E-state index in [0.29, 0.717) is 25.9 Å². The van der Waals surface area contributed by atoms with Crippen molar-refractivity contribution in [2.45, 2.75) is 57.9 Å². The Balaban J connectivity index is 2.40. The lowest BCUT2D eigenvalue weighted by atomic mass is 9.99.